The quantitative estimate of drug-likeness (QED) is 0.387. The summed E-state index contributed by atoms with van der Waals surface area (Å²) in [5.74, 6) is -0.292. The molecule has 0 amide bonds. The molecule has 2 aromatic rings. The lowest BCUT2D eigenvalue weighted by Crippen LogP contribution is -2.02. The maximum atomic E-state index is 11.1. The Kier molecular flexibility index (Phi) is 5.13. The van der Waals surface area contributed by atoms with Crippen LogP contribution < -0.4 is 5.32 Å². The Labute approximate surface area is 137 Å². The van der Waals surface area contributed by atoms with Crippen LogP contribution in [-0.2, 0) is 16.1 Å². The van der Waals surface area contributed by atoms with E-state index in [0.717, 1.165) is 5.56 Å². The van der Waals surface area contributed by atoms with Crippen LogP contribution in [0.3, 0.4) is 0 Å². The van der Waals surface area contributed by atoms with Crippen molar-refractivity contribution in [2.24, 2.45) is 0 Å². The molecule has 0 spiro atoms. The third kappa shape index (κ3) is 4.40. The second-order valence-electron chi connectivity index (χ2n) is 4.82. The van der Waals surface area contributed by atoms with Crippen LogP contribution in [0.2, 0.25) is 5.15 Å². The number of rotatable bonds is 5. The Balaban J connectivity index is 2.20. The van der Waals surface area contributed by atoms with Crippen molar-refractivity contribution in [1.29, 1.82) is 0 Å². The molecule has 0 aliphatic carbocycles. The number of esters is 1. The summed E-state index contributed by atoms with van der Waals surface area (Å²) < 4.78 is 4.89. The number of halogens is 1. The number of carbonyl (C=O) groups excluding carboxylic acids is 1. The van der Waals surface area contributed by atoms with Gasteiger partial charge in [-0.1, -0.05) is 23.7 Å². The Morgan fingerprint density at radius 1 is 1.39 bits per heavy atom. The molecule has 1 N–H and O–H groups in total. The fourth-order valence-electron chi connectivity index (χ4n) is 1.81. The van der Waals surface area contributed by atoms with Crippen LogP contribution in [0, 0.1) is 17.0 Å². The third-order valence-electron chi connectivity index (χ3n) is 2.99. The molecule has 0 aliphatic rings. The molecule has 0 atom stereocenters. The summed E-state index contributed by atoms with van der Waals surface area (Å²) in [6.07, 6.45) is 0. The number of benzene rings is 1. The number of hydrogen-bond donors (Lipinski definition) is 1. The molecule has 0 fully saturated rings. The van der Waals surface area contributed by atoms with Gasteiger partial charge in [-0.3, -0.25) is 14.9 Å². The van der Waals surface area contributed by atoms with Gasteiger partial charge >= 0.3 is 11.7 Å². The molecule has 0 saturated carbocycles. The van der Waals surface area contributed by atoms with Crippen LogP contribution >= 0.6 is 11.6 Å². The minimum atomic E-state index is -0.520. The second kappa shape index (κ2) is 7.06. The van der Waals surface area contributed by atoms with E-state index in [1.54, 1.807) is 31.2 Å². The van der Waals surface area contributed by atoms with Gasteiger partial charge in [0, 0.05) is 18.7 Å². The number of aromatic nitrogens is 1. The molecule has 0 aliphatic heterocycles. The fraction of sp³-hybridized carbons (Fsp3) is 0.200. The number of aryl methyl sites for hydroxylation is 1. The van der Waals surface area contributed by atoms with E-state index < -0.39 is 4.92 Å². The first-order valence-corrected chi connectivity index (χ1v) is 7.05. The van der Waals surface area contributed by atoms with Crippen molar-refractivity contribution in [1.82, 2.24) is 4.98 Å². The minimum Gasteiger partial charge on any atom is -0.461 e. The number of pyridine rings is 1. The van der Waals surface area contributed by atoms with Crippen molar-refractivity contribution in [3.05, 3.63) is 56.7 Å². The topological polar surface area (TPSA) is 94.4 Å². The van der Waals surface area contributed by atoms with Gasteiger partial charge in [0.25, 0.3) is 0 Å². The SMILES string of the molecule is CC(=O)OCc1ccc(Nc2nc(Cl)c(C)cc2[N+](=O)[O-])cc1. The van der Waals surface area contributed by atoms with Gasteiger partial charge in [0.15, 0.2) is 0 Å². The van der Waals surface area contributed by atoms with E-state index in [4.69, 9.17) is 16.3 Å². The maximum absolute atomic E-state index is 11.1. The van der Waals surface area contributed by atoms with Crippen LogP contribution in [0.1, 0.15) is 18.1 Å². The standard InChI is InChI=1S/C15H14ClN3O4/c1-9-7-13(19(21)22)15(18-14(9)16)17-12-5-3-11(4-6-12)8-23-10(2)20/h3-7H,8H2,1-2H3,(H,17,18). The highest BCUT2D eigenvalue weighted by molar-refractivity contribution is 6.30. The first-order valence-electron chi connectivity index (χ1n) is 6.67. The van der Waals surface area contributed by atoms with E-state index in [1.165, 1.54) is 13.0 Å². The molecule has 120 valence electrons. The zero-order chi connectivity index (χ0) is 17.0. The van der Waals surface area contributed by atoms with Gasteiger partial charge in [-0.2, -0.15) is 0 Å². The lowest BCUT2D eigenvalue weighted by atomic mass is 10.2. The number of nitrogens with zero attached hydrogens (tertiary/aromatic N) is 2. The summed E-state index contributed by atoms with van der Waals surface area (Å²) in [7, 11) is 0. The largest absolute Gasteiger partial charge is 0.461 e. The van der Waals surface area contributed by atoms with Crippen LogP contribution in [-0.4, -0.2) is 15.9 Å². The zero-order valence-electron chi connectivity index (χ0n) is 12.5. The van der Waals surface area contributed by atoms with Gasteiger partial charge in [0.05, 0.1) is 4.92 Å². The van der Waals surface area contributed by atoms with Gasteiger partial charge < -0.3 is 10.1 Å². The number of hydrogen-bond acceptors (Lipinski definition) is 6. The van der Waals surface area contributed by atoms with E-state index >= 15 is 0 Å². The molecule has 1 aromatic heterocycles. The van der Waals surface area contributed by atoms with Crippen LogP contribution in [0.5, 0.6) is 0 Å². The minimum absolute atomic E-state index is 0.0679. The molecular formula is C15H14ClN3O4. The average molecular weight is 336 g/mol. The summed E-state index contributed by atoms with van der Waals surface area (Å²) in [5, 5.41) is 14.2. The average Bonchev–Trinajstić information content (AvgIpc) is 2.49. The Bertz CT molecular complexity index is 747. The van der Waals surface area contributed by atoms with Crippen LogP contribution in [0.4, 0.5) is 17.2 Å². The highest BCUT2D eigenvalue weighted by Gasteiger charge is 2.18. The van der Waals surface area contributed by atoms with E-state index in [2.05, 4.69) is 10.3 Å². The van der Waals surface area contributed by atoms with Crippen molar-refractivity contribution in [3.8, 4) is 0 Å². The van der Waals surface area contributed by atoms with Crippen LogP contribution in [0.25, 0.3) is 0 Å². The van der Waals surface area contributed by atoms with Gasteiger partial charge in [-0.25, -0.2) is 4.98 Å². The predicted octanol–water partition coefficient (Wildman–Crippen LogP) is 3.76. The molecule has 0 saturated heterocycles. The summed E-state index contributed by atoms with van der Waals surface area (Å²) in [6.45, 7) is 3.15. The first-order chi connectivity index (χ1) is 10.9. The van der Waals surface area contributed by atoms with E-state index in [0.29, 0.717) is 11.3 Å². The smallest absolute Gasteiger partial charge is 0.312 e. The number of nitrogens with one attached hydrogen (secondary N) is 1. The number of anilines is 2. The first kappa shape index (κ1) is 16.7. The monoisotopic (exact) mass is 335 g/mol. The number of nitro groups is 1. The van der Waals surface area contributed by atoms with Crippen molar-refractivity contribution < 1.29 is 14.5 Å². The van der Waals surface area contributed by atoms with E-state index in [9.17, 15) is 14.9 Å². The summed E-state index contributed by atoms with van der Waals surface area (Å²) >= 11 is 5.93. The Morgan fingerprint density at radius 2 is 2.04 bits per heavy atom. The second-order valence-corrected chi connectivity index (χ2v) is 5.18. The molecule has 1 aromatic carbocycles. The van der Waals surface area contributed by atoms with E-state index in [1.807, 2.05) is 0 Å². The van der Waals surface area contributed by atoms with Crippen molar-refractivity contribution in [3.63, 3.8) is 0 Å². The highest BCUT2D eigenvalue weighted by atomic mass is 35.5. The number of ether oxygens (including phenoxy) is 1. The molecule has 23 heavy (non-hydrogen) atoms. The van der Waals surface area contributed by atoms with Gasteiger partial charge in [0.1, 0.15) is 11.8 Å². The summed E-state index contributed by atoms with van der Waals surface area (Å²) in [4.78, 5) is 25.4. The third-order valence-corrected chi connectivity index (χ3v) is 3.37. The predicted molar refractivity (Wildman–Crippen MR) is 85.8 cm³/mol. The van der Waals surface area contributed by atoms with Crippen molar-refractivity contribution in [2.45, 2.75) is 20.5 Å². The van der Waals surface area contributed by atoms with Crippen molar-refractivity contribution >= 4 is 34.8 Å². The molecule has 0 bridgehead atoms. The maximum Gasteiger partial charge on any atom is 0.312 e. The number of carbonyl (C=O) groups is 1. The van der Waals surface area contributed by atoms with Crippen LogP contribution in [0.15, 0.2) is 30.3 Å². The van der Waals surface area contributed by atoms with Gasteiger partial charge in [-0.05, 0) is 30.2 Å². The fourth-order valence-corrected chi connectivity index (χ4v) is 1.95. The molecule has 8 heteroatoms. The summed E-state index contributed by atoms with van der Waals surface area (Å²) in [6, 6.07) is 8.27. The molecular weight excluding hydrogens is 322 g/mol. The van der Waals surface area contributed by atoms with Gasteiger partial charge in [0.2, 0.25) is 5.82 Å². The lowest BCUT2D eigenvalue weighted by Gasteiger charge is -2.09. The molecule has 2 rings (SSSR count). The van der Waals surface area contributed by atoms with Crippen molar-refractivity contribution in [2.75, 3.05) is 5.32 Å². The highest BCUT2D eigenvalue weighted by Crippen LogP contribution is 2.29. The Hall–Kier alpha value is -2.67. The molecule has 1 heterocycles. The molecule has 0 radical (unpaired) electrons. The van der Waals surface area contributed by atoms with Gasteiger partial charge in [-0.15, -0.1) is 0 Å². The van der Waals surface area contributed by atoms with E-state index in [-0.39, 0.29) is 29.2 Å². The molecule has 7 nitrogen and oxygen atoms in total. The zero-order valence-corrected chi connectivity index (χ0v) is 13.3. The normalized spacial score (nSPS) is 10.2. The Morgan fingerprint density at radius 3 is 2.61 bits per heavy atom. The summed E-state index contributed by atoms with van der Waals surface area (Å²) in [5.41, 5.74) is 1.78. The lowest BCUT2D eigenvalue weighted by molar-refractivity contribution is -0.384. The molecule has 0 unspecified atom stereocenters.